The van der Waals surface area contributed by atoms with Gasteiger partial charge in [-0.15, -0.1) is 11.3 Å². The number of para-hydroxylation sites is 1. The molecule has 0 saturated heterocycles. The molecule has 0 bridgehead atoms. The molecule has 0 fully saturated rings. The van der Waals surface area contributed by atoms with Crippen molar-refractivity contribution < 1.29 is 14.3 Å². The van der Waals surface area contributed by atoms with Crippen molar-refractivity contribution in [1.29, 1.82) is 0 Å². The Kier molecular flexibility index (Phi) is 4.63. The summed E-state index contributed by atoms with van der Waals surface area (Å²) in [5, 5.41) is 4.10. The van der Waals surface area contributed by atoms with Crippen LogP contribution in [0.4, 0.5) is 10.7 Å². The molecular weight excluding hydrogens is 274 g/mol. The Hall–Kier alpha value is -2.01. The number of carbonyl (C=O) groups excluding carboxylic acids is 1. The van der Waals surface area contributed by atoms with Gasteiger partial charge in [-0.3, -0.25) is 0 Å². The molecule has 2 rings (SSSR count). The Morgan fingerprint density at radius 2 is 2.00 bits per heavy atom. The predicted octanol–water partition coefficient (Wildman–Crippen LogP) is 3.99. The van der Waals surface area contributed by atoms with Gasteiger partial charge in [0, 0.05) is 11.3 Å². The molecule has 0 aliphatic rings. The molecule has 0 atom stereocenters. The molecule has 2 aromatic rings. The molecule has 1 N–H and O–H groups in total. The number of hydrogen-bond acceptors (Lipinski definition) is 5. The summed E-state index contributed by atoms with van der Waals surface area (Å²) in [6.07, 6.45) is 0. The summed E-state index contributed by atoms with van der Waals surface area (Å²) in [5.41, 5.74) is 1.76. The first-order chi connectivity index (χ1) is 9.67. The van der Waals surface area contributed by atoms with Gasteiger partial charge in [-0.1, -0.05) is 18.2 Å². The quantitative estimate of drug-likeness (QED) is 0.846. The van der Waals surface area contributed by atoms with Crippen LogP contribution in [0.15, 0.2) is 30.3 Å². The van der Waals surface area contributed by atoms with Crippen molar-refractivity contribution in [3.8, 4) is 5.75 Å². The summed E-state index contributed by atoms with van der Waals surface area (Å²) in [6.45, 7) is 4.33. The SMILES string of the molecule is CCOc1c(Nc2ccccc2)sc(C(=O)OC)c1C. The summed E-state index contributed by atoms with van der Waals surface area (Å²) in [4.78, 5) is 12.3. The first kappa shape index (κ1) is 14.4. The van der Waals surface area contributed by atoms with Crippen LogP contribution in [-0.2, 0) is 4.74 Å². The third kappa shape index (κ3) is 2.93. The van der Waals surface area contributed by atoms with Gasteiger partial charge in [-0.25, -0.2) is 4.79 Å². The minimum Gasteiger partial charge on any atom is -0.490 e. The zero-order valence-electron chi connectivity index (χ0n) is 11.7. The molecule has 0 aliphatic heterocycles. The van der Waals surface area contributed by atoms with Crippen LogP contribution in [0.3, 0.4) is 0 Å². The third-order valence-electron chi connectivity index (χ3n) is 2.78. The van der Waals surface area contributed by atoms with E-state index in [1.165, 1.54) is 18.4 Å². The van der Waals surface area contributed by atoms with Crippen LogP contribution in [0.5, 0.6) is 5.75 Å². The maximum atomic E-state index is 11.8. The summed E-state index contributed by atoms with van der Waals surface area (Å²) < 4.78 is 10.5. The lowest BCUT2D eigenvalue weighted by Crippen LogP contribution is -2.00. The van der Waals surface area contributed by atoms with Crippen LogP contribution in [-0.4, -0.2) is 19.7 Å². The van der Waals surface area contributed by atoms with Crippen LogP contribution < -0.4 is 10.1 Å². The first-order valence-corrected chi connectivity index (χ1v) is 7.15. The number of carbonyl (C=O) groups is 1. The largest absolute Gasteiger partial charge is 0.490 e. The van der Waals surface area contributed by atoms with E-state index in [-0.39, 0.29) is 5.97 Å². The second kappa shape index (κ2) is 6.43. The standard InChI is InChI=1S/C15H17NO3S/c1-4-19-12-10(2)13(15(17)18-3)20-14(12)16-11-8-6-5-7-9-11/h5-9,16H,4H2,1-3H3. The average molecular weight is 291 g/mol. The molecule has 0 unspecified atom stereocenters. The lowest BCUT2D eigenvalue weighted by Gasteiger charge is -2.08. The molecule has 1 aromatic carbocycles. The van der Waals surface area contributed by atoms with Gasteiger partial charge in [-0.05, 0) is 26.0 Å². The van der Waals surface area contributed by atoms with Gasteiger partial charge in [0.25, 0.3) is 0 Å². The number of anilines is 2. The second-order valence-corrected chi connectivity index (χ2v) is 5.15. The summed E-state index contributed by atoms with van der Waals surface area (Å²) in [5.74, 6) is 0.372. The zero-order valence-corrected chi connectivity index (χ0v) is 12.5. The maximum Gasteiger partial charge on any atom is 0.348 e. The monoisotopic (exact) mass is 291 g/mol. The van der Waals surface area contributed by atoms with Gasteiger partial charge in [0.15, 0.2) is 5.75 Å². The number of ether oxygens (including phenoxy) is 2. The highest BCUT2D eigenvalue weighted by Gasteiger charge is 2.21. The molecule has 1 aromatic heterocycles. The number of rotatable bonds is 5. The van der Waals surface area contributed by atoms with Crippen molar-refractivity contribution >= 4 is 28.0 Å². The van der Waals surface area contributed by atoms with Gasteiger partial charge < -0.3 is 14.8 Å². The van der Waals surface area contributed by atoms with Crippen LogP contribution >= 0.6 is 11.3 Å². The first-order valence-electron chi connectivity index (χ1n) is 6.34. The van der Waals surface area contributed by atoms with Crippen LogP contribution in [0.2, 0.25) is 0 Å². The van der Waals surface area contributed by atoms with Gasteiger partial charge in [0.1, 0.15) is 9.88 Å². The number of esters is 1. The Balaban J connectivity index is 2.38. The van der Waals surface area contributed by atoms with Gasteiger partial charge in [0.05, 0.1) is 13.7 Å². The molecule has 0 radical (unpaired) electrons. The van der Waals surface area contributed by atoms with E-state index in [1.54, 1.807) is 0 Å². The van der Waals surface area contributed by atoms with Crippen molar-refractivity contribution in [2.24, 2.45) is 0 Å². The lowest BCUT2D eigenvalue weighted by molar-refractivity contribution is 0.0605. The number of benzene rings is 1. The van der Waals surface area contributed by atoms with E-state index in [1.807, 2.05) is 44.2 Å². The van der Waals surface area contributed by atoms with E-state index in [2.05, 4.69) is 5.32 Å². The minimum absolute atomic E-state index is 0.338. The molecule has 5 heteroatoms. The molecule has 0 saturated carbocycles. The van der Waals surface area contributed by atoms with Gasteiger partial charge in [-0.2, -0.15) is 0 Å². The Morgan fingerprint density at radius 1 is 1.30 bits per heavy atom. The maximum absolute atomic E-state index is 11.8. The smallest absolute Gasteiger partial charge is 0.348 e. The molecule has 106 valence electrons. The fraction of sp³-hybridized carbons (Fsp3) is 0.267. The lowest BCUT2D eigenvalue weighted by atomic mass is 10.2. The highest BCUT2D eigenvalue weighted by Crippen LogP contribution is 2.41. The van der Waals surface area contributed by atoms with Gasteiger partial charge in [0.2, 0.25) is 0 Å². The van der Waals surface area contributed by atoms with Crippen molar-refractivity contribution in [1.82, 2.24) is 0 Å². The zero-order chi connectivity index (χ0) is 14.5. The van der Waals surface area contributed by atoms with E-state index in [9.17, 15) is 4.79 Å². The van der Waals surface area contributed by atoms with Crippen LogP contribution in [0, 0.1) is 6.92 Å². The molecule has 1 heterocycles. The normalized spacial score (nSPS) is 10.2. The Morgan fingerprint density at radius 3 is 2.60 bits per heavy atom. The van der Waals surface area contributed by atoms with E-state index in [0.29, 0.717) is 17.2 Å². The van der Waals surface area contributed by atoms with Gasteiger partial charge >= 0.3 is 5.97 Å². The molecule has 0 aliphatic carbocycles. The second-order valence-electron chi connectivity index (χ2n) is 4.13. The van der Waals surface area contributed by atoms with E-state index >= 15 is 0 Å². The van der Waals surface area contributed by atoms with E-state index in [4.69, 9.17) is 9.47 Å². The number of nitrogens with one attached hydrogen (secondary N) is 1. The van der Waals surface area contributed by atoms with E-state index in [0.717, 1.165) is 16.3 Å². The average Bonchev–Trinajstić information content (AvgIpc) is 2.77. The highest BCUT2D eigenvalue weighted by molar-refractivity contribution is 7.18. The molecule has 4 nitrogen and oxygen atoms in total. The molecule has 0 spiro atoms. The Labute approximate surface area is 122 Å². The molecule has 20 heavy (non-hydrogen) atoms. The predicted molar refractivity (Wildman–Crippen MR) is 81.3 cm³/mol. The van der Waals surface area contributed by atoms with Crippen molar-refractivity contribution in [3.63, 3.8) is 0 Å². The highest BCUT2D eigenvalue weighted by atomic mass is 32.1. The topological polar surface area (TPSA) is 47.6 Å². The Bertz CT molecular complexity index is 593. The number of hydrogen-bond donors (Lipinski definition) is 1. The van der Waals surface area contributed by atoms with Crippen LogP contribution in [0.25, 0.3) is 0 Å². The van der Waals surface area contributed by atoms with Crippen LogP contribution in [0.1, 0.15) is 22.2 Å². The third-order valence-corrected chi connectivity index (χ3v) is 3.95. The van der Waals surface area contributed by atoms with Crippen molar-refractivity contribution in [2.75, 3.05) is 19.0 Å². The molecule has 0 amide bonds. The van der Waals surface area contributed by atoms with E-state index < -0.39 is 0 Å². The summed E-state index contributed by atoms with van der Waals surface area (Å²) in [7, 11) is 1.38. The fourth-order valence-corrected chi connectivity index (χ4v) is 2.93. The minimum atomic E-state index is -0.338. The van der Waals surface area contributed by atoms with Crippen molar-refractivity contribution in [2.45, 2.75) is 13.8 Å². The fourth-order valence-electron chi connectivity index (χ4n) is 1.84. The number of methoxy groups -OCH3 is 1. The number of thiophene rings is 1. The summed E-state index contributed by atoms with van der Waals surface area (Å²) >= 11 is 1.34. The summed E-state index contributed by atoms with van der Waals surface area (Å²) in [6, 6.07) is 9.77. The van der Waals surface area contributed by atoms with Crippen molar-refractivity contribution in [3.05, 3.63) is 40.8 Å². The molecular formula is C15H17NO3S.